The van der Waals surface area contributed by atoms with Crippen molar-refractivity contribution < 1.29 is 0 Å². The molecule has 0 fully saturated rings. The molecule has 0 aromatic heterocycles. The zero-order valence-corrected chi connectivity index (χ0v) is 29.2. The maximum Gasteiger partial charge on any atom is 0.0443 e. The highest BCUT2D eigenvalue weighted by molar-refractivity contribution is 6.12. The quantitative estimate of drug-likeness (QED) is 0.192. The average molecular weight is 589 g/mol. The Morgan fingerprint density at radius 1 is 0.622 bits per heavy atom. The van der Waals surface area contributed by atoms with E-state index in [1.54, 1.807) is 5.57 Å². The lowest BCUT2D eigenvalue weighted by Crippen LogP contribution is -2.32. The molecule has 1 unspecified atom stereocenters. The fourth-order valence-electron chi connectivity index (χ4n) is 9.60. The smallest absolute Gasteiger partial charge is 0.0443 e. The summed E-state index contributed by atoms with van der Waals surface area (Å²) in [5, 5.41) is 2.76. The molecule has 0 N–H and O–H groups in total. The molecule has 1 spiro atoms. The monoisotopic (exact) mass is 588 g/mol. The first-order chi connectivity index (χ1) is 21.0. The number of hydrogen-bond donors (Lipinski definition) is 0. The minimum absolute atomic E-state index is 0.0327. The zero-order valence-electron chi connectivity index (χ0n) is 29.2. The van der Waals surface area contributed by atoms with Crippen molar-refractivity contribution >= 4 is 21.9 Å². The Morgan fingerprint density at radius 2 is 1.31 bits per heavy atom. The zero-order chi connectivity index (χ0) is 32.1. The normalized spacial score (nSPS) is 22.2. The Morgan fingerprint density at radius 3 is 2.02 bits per heavy atom. The predicted molar refractivity (Wildman–Crippen MR) is 194 cm³/mol. The molecule has 0 saturated carbocycles. The van der Waals surface area contributed by atoms with Crippen molar-refractivity contribution in [1.82, 2.24) is 0 Å². The molecule has 0 bridgehead atoms. The summed E-state index contributed by atoms with van der Waals surface area (Å²) in [6, 6.07) is 26.2. The van der Waals surface area contributed by atoms with E-state index in [0.717, 1.165) is 6.42 Å². The van der Waals surface area contributed by atoms with Crippen LogP contribution in [0.1, 0.15) is 115 Å². The van der Waals surface area contributed by atoms with E-state index in [9.17, 15) is 0 Å². The highest BCUT2D eigenvalue weighted by Gasteiger charge is 2.54. The molecule has 0 heterocycles. The predicted octanol–water partition coefficient (Wildman–Crippen LogP) is 12.3. The molecule has 8 rings (SSSR count). The molecule has 0 nitrogen and oxygen atoms in total. The van der Waals surface area contributed by atoms with E-state index in [0.29, 0.717) is 0 Å². The number of aryl methyl sites for hydroxylation is 1. The first-order valence-corrected chi connectivity index (χ1v) is 17.0. The van der Waals surface area contributed by atoms with Crippen LogP contribution in [0.2, 0.25) is 0 Å². The molecule has 4 aromatic carbocycles. The van der Waals surface area contributed by atoms with Crippen LogP contribution >= 0.6 is 0 Å². The molecule has 1 atom stereocenters. The highest BCUT2D eigenvalue weighted by atomic mass is 14.6. The maximum atomic E-state index is 2.70. The Bertz CT molecular complexity index is 2090. The summed E-state index contributed by atoms with van der Waals surface area (Å²) in [6.07, 6.45) is 6.26. The van der Waals surface area contributed by atoms with Crippen LogP contribution in [0, 0.1) is 17.8 Å². The molecule has 0 saturated heterocycles. The lowest BCUT2D eigenvalue weighted by Gasteiger charge is -2.41. The van der Waals surface area contributed by atoms with Crippen LogP contribution in [0.4, 0.5) is 0 Å². The number of rotatable bonds is 0. The van der Waals surface area contributed by atoms with Gasteiger partial charge in [-0.15, -0.1) is 0 Å². The second-order valence-electron chi connectivity index (χ2n) is 17.6. The van der Waals surface area contributed by atoms with Gasteiger partial charge in [-0.25, -0.2) is 0 Å². The van der Waals surface area contributed by atoms with Crippen molar-refractivity contribution in [2.75, 3.05) is 0 Å². The van der Waals surface area contributed by atoms with E-state index in [4.69, 9.17) is 0 Å². The lowest BCUT2D eigenvalue weighted by atomic mass is 9.62. The number of fused-ring (bicyclic) bond motifs is 12. The van der Waals surface area contributed by atoms with Gasteiger partial charge in [0.1, 0.15) is 0 Å². The summed E-state index contributed by atoms with van der Waals surface area (Å²) >= 11 is 0. The Kier molecular flexibility index (Phi) is 5.49. The Labute approximate surface area is 271 Å². The molecular formula is C45H48. The third-order valence-corrected chi connectivity index (χ3v) is 11.9. The molecule has 4 aliphatic rings. The van der Waals surface area contributed by atoms with Crippen LogP contribution in [0.3, 0.4) is 0 Å². The van der Waals surface area contributed by atoms with Crippen LogP contribution in [-0.4, -0.2) is 0 Å². The van der Waals surface area contributed by atoms with E-state index in [1.807, 2.05) is 0 Å². The molecule has 0 heteroatoms. The van der Waals surface area contributed by atoms with Gasteiger partial charge in [0.25, 0.3) is 0 Å². The topological polar surface area (TPSA) is 0 Å². The van der Waals surface area contributed by atoms with Gasteiger partial charge in [0.2, 0.25) is 0 Å². The first-order valence-electron chi connectivity index (χ1n) is 17.0. The first kappa shape index (κ1) is 28.8. The third-order valence-electron chi connectivity index (χ3n) is 11.9. The number of benzene rings is 4. The van der Waals surface area contributed by atoms with E-state index < -0.39 is 0 Å². The van der Waals surface area contributed by atoms with Crippen LogP contribution in [0.15, 0.2) is 90.0 Å². The van der Waals surface area contributed by atoms with Gasteiger partial charge in [0.15, 0.2) is 0 Å². The summed E-state index contributed by atoms with van der Waals surface area (Å²) in [7, 11) is 0. The molecule has 228 valence electrons. The van der Waals surface area contributed by atoms with E-state index in [1.165, 1.54) is 77.6 Å². The van der Waals surface area contributed by atoms with Gasteiger partial charge in [0.05, 0.1) is 0 Å². The van der Waals surface area contributed by atoms with Crippen molar-refractivity contribution in [2.45, 2.75) is 98.8 Å². The van der Waals surface area contributed by atoms with Crippen LogP contribution < -0.4 is 0 Å². The lowest BCUT2D eigenvalue weighted by molar-refractivity contribution is 0.432. The van der Waals surface area contributed by atoms with Gasteiger partial charge >= 0.3 is 0 Å². The van der Waals surface area contributed by atoms with E-state index in [-0.39, 0.29) is 27.1 Å². The molecule has 4 aliphatic carbocycles. The fourth-order valence-corrected chi connectivity index (χ4v) is 9.60. The van der Waals surface area contributed by atoms with Gasteiger partial charge in [-0.3, -0.25) is 0 Å². The summed E-state index contributed by atoms with van der Waals surface area (Å²) in [6.45, 7) is 26.5. The van der Waals surface area contributed by atoms with Gasteiger partial charge in [-0.2, -0.15) is 0 Å². The minimum Gasteiger partial charge on any atom is -0.0655 e. The van der Waals surface area contributed by atoms with Crippen molar-refractivity contribution in [2.24, 2.45) is 10.8 Å². The van der Waals surface area contributed by atoms with Crippen LogP contribution in [0.25, 0.3) is 33.0 Å². The molecule has 0 amide bonds. The minimum atomic E-state index is -0.217. The standard InChI is InChI=1S/C45H48/c1-26-16-18-30-27(22-26)17-19-32-36-35(45(37(30)32)24-28(41(2,3)4)23-29(25-45)42(5,6)7)21-20-33-38(36)44(10,11)39-31-14-12-13-15-34(31)43(8,9)40(33)39/h12-24H,25H2,1-11H3. The summed E-state index contributed by atoms with van der Waals surface area (Å²) in [4.78, 5) is 0. The van der Waals surface area contributed by atoms with Gasteiger partial charge in [-0.1, -0.05) is 159 Å². The summed E-state index contributed by atoms with van der Waals surface area (Å²) < 4.78 is 0. The summed E-state index contributed by atoms with van der Waals surface area (Å²) in [5.74, 6) is 0. The Hall–Kier alpha value is -3.64. The third kappa shape index (κ3) is 3.60. The van der Waals surface area contributed by atoms with Gasteiger partial charge in [-0.05, 0) is 96.2 Å². The molecular weight excluding hydrogens is 540 g/mol. The van der Waals surface area contributed by atoms with Gasteiger partial charge < -0.3 is 0 Å². The average Bonchev–Trinajstić information content (AvgIpc) is 3.47. The second kappa shape index (κ2) is 8.58. The van der Waals surface area contributed by atoms with Crippen molar-refractivity contribution in [3.63, 3.8) is 0 Å². The fraction of sp³-hybridized carbons (Fsp3) is 0.378. The second-order valence-corrected chi connectivity index (χ2v) is 17.6. The molecule has 4 aromatic rings. The molecule has 0 aliphatic heterocycles. The Balaban J connectivity index is 1.50. The highest BCUT2D eigenvalue weighted by Crippen LogP contribution is 2.68. The van der Waals surface area contributed by atoms with Crippen LogP contribution in [-0.2, 0) is 16.2 Å². The van der Waals surface area contributed by atoms with E-state index >= 15 is 0 Å². The summed E-state index contributed by atoms with van der Waals surface area (Å²) in [5.41, 5.74) is 19.0. The molecule has 0 radical (unpaired) electrons. The number of hydrogen-bond acceptors (Lipinski definition) is 0. The molecule has 45 heavy (non-hydrogen) atoms. The SMILES string of the molecule is Cc1ccc2c3c(ccc2c1)-c1c(ccc2c1C(C)(C)C1=C2C(C)(C)c2ccccc21)C31C=C(C(C)(C)C)C=C(C(C)(C)C)C1. The van der Waals surface area contributed by atoms with E-state index in [2.05, 4.69) is 155 Å². The largest absolute Gasteiger partial charge is 0.0655 e. The van der Waals surface area contributed by atoms with Crippen LogP contribution in [0.5, 0.6) is 0 Å². The van der Waals surface area contributed by atoms with Gasteiger partial charge in [0, 0.05) is 16.2 Å². The van der Waals surface area contributed by atoms with Crippen molar-refractivity contribution in [3.8, 4) is 11.1 Å². The van der Waals surface area contributed by atoms with Crippen molar-refractivity contribution in [1.29, 1.82) is 0 Å². The van der Waals surface area contributed by atoms with Crippen molar-refractivity contribution in [3.05, 3.63) is 129 Å². The number of allylic oxidation sites excluding steroid dienone is 6. The maximum absolute atomic E-state index is 2.70.